The maximum Gasteiger partial charge on any atom is 0.330 e. The number of hydrogen-bond acceptors (Lipinski definition) is 7. The van der Waals surface area contributed by atoms with Crippen molar-refractivity contribution in [3.8, 4) is 11.5 Å². The molecule has 2 atom stereocenters. The number of rotatable bonds is 4. The molecule has 37 heavy (non-hydrogen) atoms. The van der Waals surface area contributed by atoms with Crippen molar-refractivity contribution >= 4 is 44.5 Å². The molecule has 1 aromatic heterocycles. The molecule has 0 amide bonds. The summed E-state index contributed by atoms with van der Waals surface area (Å²) < 4.78 is 25.3. The topological polar surface area (TPSA) is 93.1 Å². The highest BCUT2D eigenvalue weighted by molar-refractivity contribution is 6.04. The van der Waals surface area contributed by atoms with Gasteiger partial charge < -0.3 is 23.5 Å². The van der Waals surface area contributed by atoms with Crippen LogP contribution in [0.3, 0.4) is 0 Å². The number of methoxy groups -OCH3 is 1. The first kappa shape index (κ1) is 24.4. The molecule has 0 spiro atoms. The van der Waals surface area contributed by atoms with Crippen molar-refractivity contribution in [1.29, 1.82) is 0 Å². The Kier molecular flexibility index (Phi) is 5.70. The summed E-state index contributed by atoms with van der Waals surface area (Å²) in [6.07, 6.45) is -1.04. The van der Waals surface area contributed by atoms with Crippen LogP contribution in [0, 0.1) is 0 Å². The van der Waals surface area contributed by atoms with E-state index in [9.17, 15) is 14.4 Å². The van der Waals surface area contributed by atoms with Gasteiger partial charge in [-0.15, -0.1) is 0 Å². The molecule has 2 heterocycles. The minimum Gasteiger partial charge on any atom is -0.496 e. The molecule has 8 nitrogen and oxygen atoms in total. The van der Waals surface area contributed by atoms with Crippen molar-refractivity contribution in [2.45, 2.75) is 38.6 Å². The Balaban J connectivity index is 1.94. The highest BCUT2D eigenvalue weighted by atomic mass is 16.6. The van der Waals surface area contributed by atoms with Gasteiger partial charge in [-0.1, -0.05) is 30.8 Å². The largest absolute Gasteiger partial charge is 0.496 e. The maximum absolute atomic E-state index is 14.0. The summed E-state index contributed by atoms with van der Waals surface area (Å²) in [6, 6.07) is 13.2. The number of aromatic nitrogens is 1. The number of pyridine rings is 1. The fraction of sp³-hybridized carbons (Fsp3) is 0.276. The molecule has 0 saturated heterocycles. The fourth-order valence-electron chi connectivity index (χ4n) is 5.20. The van der Waals surface area contributed by atoms with Crippen LogP contribution < -0.4 is 14.9 Å². The van der Waals surface area contributed by atoms with E-state index in [-0.39, 0.29) is 5.43 Å². The first-order valence-corrected chi connectivity index (χ1v) is 11.8. The fourth-order valence-corrected chi connectivity index (χ4v) is 5.20. The summed E-state index contributed by atoms with van der Waals surface area (Å²) in [5.41, 5.74) is 0.235. The zero-order chi connectivity index (χ0) is 26.6. The molecular weight excluding hydrogens is 474 g/mol. The highest BCUT2D eigenvalue weighted by Gasteiger charge is 2.50. The molecule has 5 rings (SSSR count). The van der Waals surface area contributed by atoms with Crippen molar-refractivity contribution in [2.24, 2.45) is 7.05 Å². The van der Waals surface area contributed by atoms with Crippen LogP contribution in [-0.4, -0.2) is 35.3 Å². The second-order valence-corrected chi connectivity index (χ2v) is 9.62. The van der Waals surface area contributed by atoms with Crippen LogP contribution in [0.1, 0.15) is 32.4 Å². The van der Waals surface area contributed by atoms with Crippen molar-refractivity contribution < 1.29 is 28.5 Å². The Hall–Kier alpha value is -4.33. The average Bonchev–Trinajstić information content (AvgIpc) is 2.86. The van der Waals surface area contributed by atoms with Gasteiger partial charge in [-0.05, 0) is 36.8 Å². The van der Waals surface area contributed by atoms with E-state index in [1.165, 1.54) is 14.0 Å². The Morgan fingerprint density at radius 1 is 1.11 bits per heavy atom. The molecule has 2 unspecified atom stereocenters. The van der Waals surface area contributed by atoms with Gasteiger partial charge in [-0.25, -0.2) is 4.79 Å². The second kappa shape index (κ2) is 8.65. The van der Waals surface area contributed by atoms with E-state index in [1.807, 2.05) is 48.0 Å². The number of carbonyl (C=O) groups excluding carboxylic acids is 2. The highest BCUT2D eigenvalue weighted by Crippen LogP contribution is 2.49. The number of aryl methyl sites for hydroxylation is 1. The van der Waals surface area contributed by atoms with Crippen molar-refractivity contribution in [3.63, 3.8) is 0 Å². The van der Waals surface area contributed by atoms with E-state index in [0.29, 0.717) is 38.9 Å². The normalized spacial score (nSPS) is 18.2. The summed E-state index contributed by atoms with van der Waals surface area (Å²) in [5.74, 6) is -0.579. The summed E-state index contributed by atoms with van der Waals surface area (Å²) in [7, 11) is 3.31. The summed E-state index contributed by atoms with van der Waals surface area (Å²) in [5, 5.41) is 2.72. The third-order valence-corrected chi connectivity index (χ3v) is 6.84. The monoisotopic (exact) mass is 501 g/mol. The van der Waals surface area contributed by atoms with Crippen LogP contribution >= 0.6 is 0 Å². The Bertz CT molecular complexity index is 1680. The minimum absolute atomic E-state index is 0.237. The summed E-state index contributed by atoms with van der Waals surface area (Å²) in [4.78, 5) is 38.5. The first-order valence-electron chi connectivity index (χ1n) is 11.8. The molecule has 1 aliphatic rings. The quantitative estimate of drug-likeness (QED) is 0.227. The zero-order valence-corrected chi connectivity index (χ0v) is 21.3. The number of esters is 2. The molecule has 4 aromatic rings. The van der Waals surface area contributed by atoms with Crippen LogP contribution in [0.25, 0.3) is 32.6 Å². The van der Waals surface area contributed by atoms with Crippen molar-refractivity contribution in [1.82, 2.24) is 4.57 Å². The lowest BCUT2D eigenvalue weighted by atomic mass is 9.86. The van der Waals surface area contributed by atoms with Gasteiger partial charge in [0.05, 0.1) is 29.1 Å². The molecule has 0 aliphatic carbocycles. The number of ether oxygens (including phenoxy) is 4. The van der Waals surface area contributed by atoms with E-state index >= 15 is 0 Å². The van der Waals surface area contributed by atoms with Gasteiger partial charge in [0, 0.05) is 31.5 Å². The molecule has 0 fully saturated rings. The lowest BCUT2D eigenvalue weighted by molar-refractivity contribution is -0.185. The number of nitrogens with zero attached hydrogens (tertiary/aromatic N) is 1. The van der Waals surface area contributed by atoms with Crippen molar-refractivity contribution in [3.05, 3.63) is 70.9 Å². The standard InChI is InChI=1S/C29H27NO7/c1-7-22(32)36-28-27(35-15(2)31)24-21(37-29(28,3)4)14-20(34-6)23-25(24)30(5)19-13-17-11-9-8-10-16(17)12-18(19)26(23)33/h7-14,27-28H,1H2,2-6H3. The average molecular weight is 502 g/mol. The molecule has 8 heteroatoms. The van der Waals surface area contributed by atoms with Crippen LogP contribution in [-0.2, 0) is 26.1 Å². The number of hydrogen-bond donors (Lipinski definition) is 0. The van der Waals surface area contributed by atoms with Gasteiger partial charge in [0.25, 0.3) is 0 Å². The van der Waals surface area contributed by atoms with E-state index in [0.717, 1.165) is 16.8 Å². The van der Waals surface area contributed by atoms with Gasteiger partial charge in [-0.3, -0.25) is 9.59 Å². The van der Waals surface area contributed by atoms with Gasteiger partial charge in [0.15, 0.2) is 12.2 Å². The van der Waals surface area contributed by atoms with Crippen molar-refractivity contribution in [2.75, 3.05) is 7.11 Å². The maximum atomic E-state index is 14.0. The summed E-state index contributed by atoms with van der Waals surface area (Å²) in [6.45, 7) is 8.22. The third-order valence-electron chi connectivity index (χ3n) is 6.84. The number of fused-ring (bicyclic) bond motifs is 5. The smallest absolute Gasteiger partial charge is 0.330 e. The first-order chi connectivity index (χ1) is 17.6. The van der Waals surface area contributed by atoms with Gasteiger partial charge in [0.2, 0.25) is 5.43 Å². The molecule has 3 aromatic carbocycles. The Morgan fingerprint density at radius 2 is 1.78 bits per heavy atom. The van der Waals surface area contributed by atoms with Crippen LogP contribution in [0.2, 0.25) is 0 Å². The Labute approximate surface area is 213 Å². The predicted octanol–water partition coefficient (Wildman–Crippen LogP) is 4.73. The molecule has 0 bridgehead atoms. The third kappa shape index (κ3) is 3.80. The van der Waals surface area contributed by atoms with Crippen LogP contribution in [0.5, 0.6) is 11.5 Å². The zero-order valence-electron chi connectivity index (χ0n) is 21.3. The van der Waals surface area contributed by atoms with Crippen LogP contribution in [0.4, 0.5) is 0 Å². The van der Waals surface area contributed by atoms with Gasteiger partial charge in [-0.2, -0.15) is 0 Å². The molecule has 0 N–H and O–H groups in total. The van der Waals surface area contributed by atoms with E-state index in [2.05, 4.69) is 6.58 Å². The molecule has 0 saturated carbocycles. The summed E-state index contributed by atoms with van der Waals surface area (Å²) >= 11 is 0. The minimum atomic E-state index is -1.09. The molecule has 190 valence electrons. The molecular formula is C29H27NO7. The Morgan fingerprint density at radius 3 is 2.41 bits per heavy atom. The second-order valence-electron chi connectivity index (χ2n) is 9.62. The van der Waals surface area contributed by atoms with E-state index in [4.69, 9.17) is 18.9 Å². The number of carbonyl (C=O) groups is 2. The van der Waals surface area contributed by atoms with E-state index < -0.39 is 29.7 Å². The van der Waals surface area contributed by atoms with E-state index in [1.54, 1.807) is 19.9 Å². The van der Waals surface area contributed by atoms with Crippen LogP contribution in [0.15, 0.2) is 59.9 Å². The molecule has 0 radical (unpaired) electrons. The SMILES string of the molecule is C=CC(=O)OC1C(OC(C)=O)c2c(cc(OC)c3c(=O)c4cc5ccccc5cc4n(C)c23)OC1(C)C. The number of benzene rings is 3. The van der Waals surface area contributed by atoms with Gasteiger partial charge in [0.1, 0.15) is 17.1 Å². The predicted molar refractivity (Wildman–Crippen MR) is 140 cm³/mol. The molecule has 1 aliphatic heterocycles. The van der Waals surface area contributed by atoms with Gasteiger partial charge >= 0.3 is 11.9 Å². The lowest BCUT2D eigenvalue weighted by Crippen LogP contribution is -2.52. The lowest BCUT2D eigenvalue weighted by Gasteiger charge is -2.43.